The molecule has 0 spiro atoms. The van der Waals surface area contributed by atoms with E-state index < -0.39 is 46.1 Å². The molecule has 39 heavy (non-hydrogen) atoms. The maximum Gasteiger partial charge on any atom is 0.327 e. The molecular weight excluding hydrogens is 514 g/mol. The van der Waals surface area contributed by atoms with Crippen LogP contribution in [0, 0.1) is 0 Å². The van der Waals surface area contributed by atoms with Crippen LogP contribution >= 0.6 is 0 Å². The van der Waals surface area contributed by atoms with Gasteiger partial charge in [-0.2, -0.15) is 0 Å². The predicted molar refractivity (Wildman–Crippen MR) is 135 cm³/mol. The molecule has 1 aliphatic heterocycles. The Kier molecular flexibility index (Phi) is 5.92. The quantitative estimate of drug-likeness (QED) is 0.188. The number of benzene rings is 2. The SMILES string of the molecule is O=C(Nc1cc(=O)[nH]c(=O)[nH]1)c1cccc(N2C(=O)c3ccc(C(=O)Nc4cc(=O)[nH]c(=O)[nH]4)cc3C2=O)c1. The molecule has 4 aromatic rings. The summed E-state index contributed by atoms with van der Waals surface area (Å²) in [6.07, 6.45) is 0. The van der Waals surface area contributed by atoms with Gasteiger partial charge in [-0.15, -0.1) is 0 Å². The highest BCUT2D eigenvalue weighted by atomic mass is 16.2. The molecule has 6 N–H and O–H groups in total. The van der Waals surface area contributed by atoms with Gasteiger partial charge in [0.1, 0.15) is 11.6 Å². The molecule has 4 amide bonds. The number of hydrogen-bond donors (Lipinski definition) is 6. The number of imide groups is 1. The van der Waals surface area contributed by atoms with Crippen molar-refractivity contribution in [3.05, 3.63) is 119 Å². The number of aromatic nitrogens is 4. The zero-order valence-corrected chi connectivity index (χ0v) is 19.4. The minimum Gasteiger partial charge on any atom is -0.308 e. The number of aromatic amines is 4. The predicted octanol–water partition coefficient (Wildman–Crippen LogP) is -0.255. The zero-order chi connectivity index (χ0) is 27.8. The fourth-order valence-corrected chi connectivity index (χ4v) is 3.86. The summed E-state index contributed by atoms with van der Waals surface area (Å²) < 4.78 is 0. The summed E-state index contributed by atoms with van der Waals surface area (Å²) in [4.78, 5) is 107. The highest BCUT2D eigenvalue weighted by molar-refractivity contribution is 6.35. The first-order valence-corrected chi connectivity index (χ1v) is 11.0. The fourth-order valence-electron chi connectivity index (χ4n) is 3.86. The molecule has 0 saturated heterocycles. The van der Waals surface area contributed by atoms with Gasteiger partial charge in [-0.05, 0) is 36.4 Å². The molecule has 15 heteroatoms. The Hall–Kier alpha value is -6.12. The number of nitrogens with zero attached hydrogens (tertiary/aromatic N) is 1. The Balaban J connectivity index is 1.39. The lowest BCUT2D eigenvalue weighted by Crippen LogP contribution is -2.29. The molecule has 0 aliphatic carbocycles. The number of anilines is 3. The summed E-state index contributed by atoms with van der Waals surface area (Å²) in [6.45, 7) is 0. The van der Waals surface area contributed by atoms with E-state index in [-0.39, 0.29) is 39.6 Å². The van der Waals surface area contributed by atoms with Gasteiger partial charge < -0.3 is 10.6 Å². The van der Waals surface area contributed by atoms with Crippen LogP contribution in [0.15, 0.2) is 73.8 Å². The molecule has 0 fully saturated rings. The Morgan fingerprint density at radius 2 is 1.13 bits per heavy atom. The van der Waals surface area contributed by atoms with Crippen molar-refractivity contribution in [1.82, 2.24) is 19.9 Å². The molecule has 0 radical (unpaired) electrons. The third kappa shape index (κ3) is 4.82. The molecular formula is C24H15N7O8. The first-order valence-electron chi connectivity index (χ1n) is 11.0. The second-order valence-corrected chi connectivity index (χ2v) is 8.17. The lowest BCUT2D eigenvalue weighted by atomic mass is 10.1. The minimum absolute atomic E-state index is 0.0112. The van der Waals surface area contributed by atoms with Gasteiger partial charge in [0.05, 0.1) is 16.8 Å². The summed E-state index contributed by atoms with van der Waals surface area (Å²) >= 11 is 0. The molecule has 3 heterocycles. The number of carbonyl (C=O) groups is 4. The second-order valence-electron chi connectivity index (χ2n) is 8.17. The Bertz CT molecular complexity index is 1890. The van der Waals surface area contributed by atoms with E-state index in [1.54, 1.807) is 0 Å². The van der Waals surface area contributed by atoms with Crippen molar-refractivity contribution in [3.8, 4) is 0 Å². The number of nitrogens with one attached hydrogen (secondary N) is 6. The molecule has 194 valence electrons. The van der Waals surface area contributed by atoms with Crippen LogP contribution in [0.5, 0.6) is 0 Å². The largest absolute Gasteiger partial charge is 0.327 e. The van der Waals surface area contributed by atoms with E-state index in [2.05, 4.69) is 20.6 Å². The van der Waals surface area contributed by atoms with E-state index in [9.17, 15) is 38.4 Å². The first-order chi connectivity index (χ1) is 18.6. The monoisotopic (exact) mass is 529 g/mol. The van der Waals surface area contributed by atoms with Crippen LogP contribution in [-0.4, -0.2) is 43.6 Å². The smallest absolute Gasteiger partial charge is 0.308 e. The van der Waals surface area contributed by atoms with Crippen molar-refractivity contribution in [2.75, 3.05) is 15.5 Å². The summed E-state index contributed by atoms with van der Waals surface area (Å²) in [7, 11) is 0. The third-order valence-electron chi connectivity index (χ3n) is 5.53. The summed E-state index contributed by atoms with van der Waals surface area (Å²) in [5.41, 5.74) is -3.15. The zero-order valence-electron chi connectivity index (χ0n) is 19.4. The number of fused-ring (bicyclic) bond motifs is 1. The normalized spacial score (nSPS) is 12.3. The van der Waals surface area contributed by atoms with Crippen molar-refractivity contribution in [2.45, 2.75) is 0 Å². The van der Waals surface area contributed by atoms with Crippen molar-refractivity contribution in [2.24, 2.45) is 0 Å². The van der Waals surface area contributed by atoms with Crippen LogP contribution in [0.4, 0.5) is 17.3 Å². The Morgan fingerprint density at radius 1 is 0.590 bits per heavy atom. The van der Waals surface area contributed by atoms with Crippen molar-refractivity contribution < 1.29 is 19.2 Å². The Morgan fingerprint density at radius 3 is 1.69 bits per heavy atom. The van der Waals surface area contributed by atoms with Crippen LogP contribution in [0.1, 0.15) is 41.4 Å². The number of hydrogen-bond acceptors (Lipinski definition) is 8. The van der Waals surface area contributed by atoms with Gasteiger partial charge in [0.2, 0.25) is 0 Å². The van der Waals surface area contributed by atoms with E-state index in [1.165, 1.54) is 42.5 Å². The van der Waals surface area contributed by atoms with E-state index in [1.807, 2.05) is 9.97 Å². The number of carbonyl (C=O) groups excluding carboxylic acids is 4. The maximum absolute atomic E-state index is 13.2. The van der Waals surface area contributed by atoms with Gasteiger partial charge in [-0.3, -0.25) is 48.7 Å². The van der Waals surface area contributed by atoms with Gasteiger partial charge in [0.15, 0.2) is 0 Å². The minimum atomic E-state index is -0.829. The van der Waals surface area contributed by atoms with Crippen LogP contribution in [0.2, 0.25) is 0 Å². The van der Waals surface area contributed by atoms with Crippen LogP contribution in [-0.2, 0) is 0 Å². The summed E-state index contributed by atoms with van der Waals surface area (Å²) in [6, 6.07) is 11.2. The number of rotatable bonds is 5. The Labute approximate surface area is 214 Å². The summed E-state index contributed by atoms with van der Waals surface area (Å²) in [5.74, 6) is -3.27. The molecule has 2 aromatic heterocycles. The van der Waals surface area contributed by atoms with Crippen LogP contribution in [0.25, 0.3) is 0 Å². The topological polar surface area (TPSA) is 227 Å². The first kappa shape index (κ1) is 24.6. The van der Waals surface area contributed by atoms with Crippen LogP contribution < -0.4 is 38.0 Å². The average molecular weight is 529 g/mol. The molecule has 2 aromatic carbocycles. The van der Waals surface area contributed by atoms with Gasteiger partial charge in [-0.1, -0.05) is 6.07 Å². The molecule has 0 bridgehead atoms. The van der Waals surface area contributed by atoms with Gasteiger partial charge in [0, 0.05) is 23.3 Å². The molecule has 0 atom stereocenters. The lowest BCUT2D eigenvalue weighted by molar-refractivity contribution is 0.0923. The maximum atomic E-state index is 13.2. The van der Waals surface area contributed by atoms with Crippen LogP contribution in [0.3, 0.4) is 0 Å². The van der Waals surface area contributed by atoms with E-state index in [0.717, 1.165) is 17.0 Å². The van der Waals surface area contributed by atoms with E-state index in [4.69, 9.17) is 0 Å². The lowest BCUT2D eigenvalue weighted by Gasteiger charge is -2.15. The van der Waals surface area contributed by atoms with Crippen molar-refractivity contribution in [1.29, 1.82) is 0 Å². The molecule has 1 aliphatic rings. The fraction of sp³-hybridized carbons (Fsp3) is 0. The third-order valence-corrected chi connectivity index (χ3v) is 5.53. The highest BCUT2D eigenvalue weighted by Crippen LogP contribution is 2.30. The van der Waals surface area contributed by atoms with Gasteiger partial charge >= 0.3 is 11.4 Å². The van der Waals surface area contributed by atoms with Gasteiger partial charge in [0.25, 0.3) is 34.7 Å². The molecule has 0 unspecified atom stereocenters. The van der Waals surface area contributed by atoms with E-state index in [0.29, 0.717) is 0 Å². The molecule has 0 saturated carbocycles. The highest BCUT2D eigenvalue weighted by Gasteiger charge is 2.37. The molecule has 5 rings (SSSR count). The summed E-state index contributed by atoms with van der Waals surface area (Å²) in [5, 5.41) is 4.69. The van der Waals surface area contributed by atoms with Crippen molar-refractivity contribution in [3.63, 3.8) is 0 Å². The number of H-pyrrole nitrogens is 4. The second kappa shape index (κ2) is 9.40. The molecule has 15 nitrogen and oxygen atoms in total. The standard InChI is InChI=1S/C24H15N7O8/c32-17-8-15(27-23(38)29-17)25-19(34)10-2-1-3-12(6-10)31-21(36)13-5-4-11(7-14(13)22(31)37)20(35)26-16-9-18(33)30-24(39)28-16/h1-9H,(H3,25,27,29,32,34,38)(H3,26,28,30,33,35,39). The van der Waals surface area contributed by atoms with Crippen molar-refractivity contribution >= 4 is 41.0 Å². The van der Waals surface area contributed by atoms with Gasteiger partial charge in [-0.25, -0.2) is 14.5 Å². The average Bonchev–Trinajstić information content (AvgIpc) is 3.12. The number of amides is 4. The van der Waals surface area contributed by atoms with E-state index >= 15 is 0 Å².